The van der Waals surface area contributed by atoms with Crippen LogP contribution in [-0.2, 0) is 11.8 Å². The molecule has 6 nitrogen and oxygen atoms in total. The van der Waals surface area contributed by atoms with Gasteiger partial charge in [-0.25, -0.2) is 0 Å². The van der Waals surface area contributed by atoms with Crippen molar-refractivity contribution in [3.05, 3.63) is 12.1 Å². The molecule has 0 atom stereocenters. The Bertz CT molecular complexity index is 381. The van der Waals surface area contributed by atoms with E-state index in [0.29, 0.717) is 12.5 Å². The van der Waals surface area contributed by atoms with E-state index >= 15 is 0 Å². The van der Waals surface area contributed by atoms with Crippen molar-refractivity contribution in [1.29, 1.82) is 0 Å². The third kappa shape index (κ3) is 6.53. The molecule has 8 heteroatoms. The number of nitrogens with zero attached hydrogens (tertiary/aromatic N) is 2. The van der Waals surface area contributed by atoms with Crippen molar-refractivity contribution in [2.24, 2.45) is 0 Å². The van der Waals surface area contributed by atoms with Crippen LogP contribution in [0.2, 0.25) is 0 Å². The lowest BCUT2D eigenvalue weighted by atomic mass is 10.3. The Morgan fingerprint density at radius 1 is 1.24 bits per heavy atom. The van der Waals surface area contributed by atoms with Crippen LogP contribution in [0.4, 0.5) is 0 Å². The standard InChI is InChI=1S/C9H15N2O4PS/c1-2-3-4-7-14-8-5-6-9(11-10-8)15-16(12,13)17/h5-6H,2-4,7H2,1H3,(H2,12,13,17). The average molecular weight is 278 g/mol. The van der Waals surface area contributed by atoms with Crippen LogP contribution in [-0.4, -0.2) is 26.6 Å². The van der Waals surface area contributed by atoms with Gasteiger partial charge in [0.15, 0.2) is 0 Å². The highest BCUT2D eigenvalue weighted by Crippen LogP contribution is 2.36. The number of rotatable bonds is 7. The minimum atomic E-state index is -3.74. The highest BCUT2D eigenvalue weighted by Gasteiger charge is 2.11. The molecule has 1 rings (SSSR count). The summed E-state index contributed by atoms with van der Waals surface area (Å²) in [5, 5.41) is 7.32. The number of ether oxygens (including phenoxy) is 1. The van der Waals surface area contributed by atoms with Gasteiger partial charge in [-0.1, -0.05) is 19.8 Å². The maximum Gasteiger partial charge on any atom is 0.376 e. The Labute approximate surface area is 105 Å². The topological polar surface area (TPSA) is 84.7 Å². The van der Waals surface area contributed by atoms with Gasteiger partial charge in [0.25, 0.3) is 0 Å². The van der Waals surface area contributed by atoms with E-state index in [1.807, 2.05) is 0 Å². The molecular weight excluding hydrogens is 263 g/mol. The van der Waals surface area contributed by atoms with Crippen LogP contribution < -0.4 is 9.26 Å². The zero-order chi connectivity index (χ0) is 12.7. The Hall–Kier alpha value is -0.750. The normalized spacial score (nSPS) is 11.2. The van der Waals surface area contributed by atoms with Gasteiger partial charge < -0.3 is 19.0 Å². The third-order valence-corrected chi connectivity index (χ3v) is 2.47. The molecular formula is C9H15N2O4PS. The molecule has 1 heterocycles. The maximum atomic E-state index is 8.90. The van der Waals surface area contributed by atoms with Gasteiger partial charge in [-0.05, 0) is 6.42 Å². The first-order valence-electron chi connectivity index (χ1n) is 5.23. The molecule has 0 amide bonds. The van der Waals surface area contributed by atoms with E-state index in [4.69, 9.17) is 14.5 Å². The molecule has 0 aliphatic carbocycles. The van der Waals surface area contributed by atoms with Gasteiger partial charge in [0.1, 0.15) is 0 Å². The van der Waals surface area contributed by atoms with Gasteiger partial charge in [0.2, 0.25) is 11.8 Å². The summed E-state index contributed by atoms with van der Waals surface area (Å²) >= 11 is 4.30. The first-order valence-corrected chi connectivity index (χ1v) is 7.85. The van der Waals surface area contributed by atoms with E-state index in [-0.39, 0.29) is 5.88 Å². The molecule has 0 saturated heterocycles. The number of unbranched alkanes of at least 4 members (excludes halogenated alkanes) is 2. The molecule has 0 saturated carbocycles. The second-order valence-electron chi connectivity index (χ2n) is 3.35. The summed E-state index contributed by atoms with van der Waals surface area (Å²) in [5.74, 6) is 0.344. The molecule has 0 aliphatic heterocycles. The van der Waals surface area contributed by atoms with Crippen molar-refractivity contribution in [3.8, 4) is 11.8 Å². The van der Waals surface area contributed by atoms with E-state index in [1.165, 1.54) is 6.07 Å². The molecule has 2 N–H and O–H groups in total. The lowest BCUT2D eigenvalue weighted by Crippen LogP contribution is -2.01. The minimum Gasteiger partial charge on any atom is -0.477 e. The fraction of sp³-hybridized carbons (Fsp3) is 0.556. The minimum absolute atomic E-state index is 0.0285. The van der Waals surface area contributed by atoms with Crippen LogP contribution >= 0.6 is 6.72 Å². The van der Waals surface area contributed by atoms with E-state index in [1.54, 1.807) is 6.07 Å². The molecule has 0 spiro atoms. The second-order valence-corrected chi connectivity index (χ2v) is 5.94. The van der Waals surface area contributed by atoms with Gasteiger partial charge in [0.05, 0.1) is 6.61 Å². The molecule has 0 unspecified atom stereocenters. The highest BCUT2D eigenvalue weighted by molar-refractivity contribution is 8.06. The summed E-state index contributed by atoms with van der Waals surface area (Å²) in [7, 11) is 0. The van der Waals surface area contributed by atoms with Gasteiger partial charge in [0, 0.05) is 23.9 Å². The van der Waals surface area contributed by atoms with Gasteiger partial charge >= 0.3 is 6.72 Å². The summed E-state index contributed by atoms with van der Waals surface area (Å²) in [4.78, 5) is 17.8. The van der Waals surface area contributed by atoms with Gasteiger partial charge in [-0.15, -0.1) is 10.2 Å². The highest BCUT2D eigenvalue weighted by atomic mass is 32.5. The summed E-state index contributed by atoms with van der Waals surface area (Å²) in [6, 6.07) is 2.97. The van der Waals surface area contributed by atoms with E-state index < -0.39 is 6.72 Å². The molecule has 0 fully saturated rings. The van der Waals surface area contributed by atoms with Gasteiger partial charge in [-0.2, -0.15) is 0 Å². The Morgan fingerprint density at radius 2 is 1.88 bits per heavy atom. The monoisotopic (exact) mass is 278 g/mol. The van der Waals surface area contributed by atoms with Crippen molar-refractivity contribution in [2.75, 3.05) is 6.61 Å². The first kappa shape index (κ1) is 14.3. The molecule has 1 aromatic rings. The van der Waals surface area contributed by atoms with Crippen LogP contribution in [0, 0.1) is 0 Å². The molecule has 0 bridgehead atoms. The molecule has 0 radical (unpaired) electrons. The van der Waals surface area contributed by atoms with E-state index in [9.17, 15) is 0 Å². The molecule has 96 valence electrons. The lowest BCUT2D eigenvalue weighted by molar-refractivity contribution is 0.289. The van der Waals surface area contributed by atoms with Crippen molar-refractivity contribution >= 4 is 18.5 Å². The summed E-state index contributed by atoms with van der Waals surface area (Å²) in [5.41, 5.74) is 0. The second kappa shape index (κ2) is 6.86. The number of hydrogen-bond acceptors (Lipinski definition) is 5. The summed E-state index contributed by atoms with van der Waals surface area (Å²) < 4.78 is 9.93. The third-order valence-electron chi connectivity index (χ3n) is 1.83. The number of aromatic nitrogens is 2. The smallest absolute Gasteiger partial charge is 0.376 e. The SMILES string of the molecule is CCCCCOc1ccc(OP(O)(O)=S)nn1. The van der Waals surface area contributed by atoms with Crippen LogP contribution in [0.1, 0.15) is 26.2 Å². The Morgan fingerprint density at radius 3 is 2.41 bits per heavy atom. The predicted octanol–water partition coefficient (Wildman–Crippen LogP) is 1.63. The Balaban J connectivity index is 2.42. The van der Waals surface area contributed by atoms with Crippen molar-refractivity contribution in [2.45, 2.75) is 26.2 Å². The van der Waals surface area contributed by atoms with E-state index in [0.717, 1.165) is 19.3 Å². The van der Waals surface area contributed by atoms with E-state index in [2.05, 4.69) is 33.5 Å². The zero-order valence-corrected chi connectivity index (χ0v) is 11.2. The van der Waals surface area contributed by atoms with Gasteiger partial charge in [-0.3, -0.25) is 0 Å². The maximum absolute atomic E-state index is 8.90. The Kier molecular flexibility index (Phi) is 5.77. The zero-order valence-electron chi connectivity index (χ0n) is 9.44. The van der Waals surface area contributed by atoms with Crippen LogP contribution in [0.3, 0.4) is 0 Å². The summed E-state index contributed by atoms with van der Waals surface area (Å²) in [6.07, 6.45) is 3.19. The molecule has 17 heavy (non-hydrogen) atoms. The molecule has 1 aromatic heterocycles. The van der Waals surface area contributed by atoms with Crippen molar-refractivity contribution < 1.29 is 19.0 Å². The molecule has 0 aromatic carbocycles. The fourth-order valence-electron chi connectivity index (χ4n) is 1.08. The van der Waals surface area contributed by atoms with Crippen molar-refractivity contribution in [3.63, 3.8) is 0 Å². The van der Waals surface area contributed by atoms with Crippen molar-refractivity contribution in [1.82, 2.24) is 10.2 Å². The summed E-state index contributed by atoms with van der Waals surface area (Å²) in [6.45, 7) is -1.05. The lowest BCUT2D eigenvalue weighted by Gasteiger charge is -2.08. The first-order chi connectivity index (χ1) is 8.01. The van der Waals surface area contributed by atoms with Crippen LogP contribution in [0.25, 0.3) is 0 Å². The average Bonchev–Trinajstić information content (AvgIpc) is 2.25. The largest absolute Gasteiger partial charge is 0.477 e. The molecule has 0 aliphatic rings. The van der Waals surface area contributed by atoms with Crippen LogP contribution in [0.5, 0.6) is 11.8 Å². The number of hydrogen-bond donors (Lipinski definition) is 2. The van der Waals surface area contributed by atoms with Crippen LogP contribution in [0.15, 0.2) is 12.1 Å². The predicted molar refractivity (Wildman–Crippen MR) is 66.4 cm³/mol. The quantitative estimate of drug-likeness (QED) is 0.579. The fourth-order valence-corrected chi connectivity index (χ4v) is 1.65.